The number of carbonyl (C=O) groups excluding carboxylic acids is 1. The van der Waals surface area contributed by atoms with Crippen LogP contribution in [0.4, 0.5) is 23.7 Å². The molecular formula is C27H23F3N4O3. The smallest absolute Gasteiger partial charge is 0.331 e. The minimum atomic E-state index is -4.49. The summed E-state index contributed by atoms with van der Waals surface area (Å²) in [6.07, 6.45) is -3.42. The highest BCUT2D eigenvalue weighted by Crippen LogP contribution is 2.36. The van der Waals surface area contributed by atoms with Crippen LogP contribution in [0.1, 0.15) is 41.1 Å². The van der Waals surface area contributed by atoms with Gasteiger partial charge in [-0.15, -0.1) is 0 Å². The normalized spacial score (nSPS) is 13.8. The van der Waals surface area contributed by atoms with Crippen molar-refractivity contribution in [3.8, 4) is 17.2 Å². The summed E-state index contributed by atoms with van der Waals surface area (Å²) < 4.78 is 39.0. The summed E-state index contributed by atoms with van der Waals surface area (Å²) in [5, 5.41) is 23.6. The molecule has 1 aliphatic rings. The molecule has 0 saturated carbocycles. The fraction of sp³-hybridized carbons (Fsp3) is 0.259. The number of non-ortho nitro benzene ring substituents is 1. The molecule has 0 spiro atoms. The number of amides is 2. The number of urea groups is 1. The summed E-state index contributed by atoms with van der Waals surface area (Å²) in [5.41, 5.74) is 2.11. The number of nitriles is 1. The van der Waals surface area contributed by atoms with Crippen LogP contribution in [-0.4, -0.2) is 22.4 Å². The molecule has 1 atom stereocenters. The van der Waals surface area contributed by atoms with Crippen molar-refractivity contribution in [3.05, 3.63) is 99.1 Å². The van der Waals surface area contributed by atoms with E-state index in [9.17, 15) is 28.1 Å². The predicted molar refractivity (Wildman–Crippen MR) is 130 cm³/mol. The molecule has 0 fully saturated rings. The van der Waals surface area contributed by atoms with Gasteiger partial charge in [0.25, 0.3) is 5.69 Å². The maximum absolute atomic E-state index is 13.2. The molecule has 0 saturated heterocycles. The standard InChI is InChI=1S/C27H23F3N4O3/c28-27(29,30)21-10-8-18(9-11-21)24-16-22(34(36)37)15-20-17-33(14-12-23(20)24)26(35)32-25(7-4-13-31)19-5-2-1-3-6-19/h1-3,5-6,8-11,15-16,25H,4,7,12,14,17H2,(H,32,35)/t25-/m0/s1. The Balaban J connectivity index is 1.60. The Morgan fingerprint density at radius 2 is 1.84 bits per heavy atom. The molecule has 7 nitrogen and oxygen atoms in total. The number of hydrogen-bond donors (Lipinski definition) is 1. The maximum Gasteiger partial charge on any atom is 0.416 e. The second-order valence-electron chi connectivity index (χ2n) is 8.74. The van der Waals surface area contributed by atoms with Crippen LogP contribution in [0.3, 0.4) is 0 Å². The number of alkyl halides is 3. The summed E-state index contributed by atoms with van der Waals surface area (Å²) in [6, 6.07) is 17.9. The van der Waals surface area contributed by atoms with Crippen LogP contribution in [0, 0.1) is 21.4 Å². The number of halogens is 3. The fourth-order valence-corrected chi connectivity index (χ4v) is 4.51. The molecule has 0 bridgehead atoms. The summed E-state index contributed by atoms with van der Waals surface area (Å²) in [5.74, 6) is 0. The zero-order valence-electron chi connectivity index (χ0n) is 19.7. The lowest BCUT2D eigenvalue weighted by atomic mass is 9.89. The first-order valence-corrected chi connectivity index (χ1v) is 11.6. The third-order valence-corrected chi connectivity index (χ3v) is 6.39. The van der Waals surface area contributed by atoms with Crippen LogP contribution in [0.25, 0.3) is 11.1 Å². The van der Waals surface area contributed by atoms with Crippen LogP contribution in [0.15, 0.2) is 66.7 Å². The van der Waals surface area contributed by atoms with Gasteiger partial charge < -0.3 is 10.2 Å². The molecule has 10 heteroatoms. The van der Waals surface area contributed by atoms with Crippen molar-refractivity contribution < 1.29 is 22.9 Å². The Labute approximate surface area is 211 Å². The highest BCUT2D eigenvalue weighted by molar-refractivity contribution is 5.77. The first-order chi connectivity index (χ1) is 17.7. The van der Waals surface area contributed by atoms with Gasteiger partial charge in [-0.25, -0.2) is 4.79 Å². The van der Waals surface area contributed by atoms with Gasteiger partial charge in [0, 0.05) is 31.6 Å². The molecule has 37 heavy (non-hydrogen) atoms. The molecule has 0 unspecified atom stereocenters. The molecule has 3 aromatic carbocycles. The van der Waals surface area contributed by atoms with Crippen LogP contribution < -0.4 is 5.32 Å². The SMILES string of the molecule is N#CCC[C@H](NC(=O)N1CCc2c(cc([N+](=O)[O-])cc2-c2ccc(C(F)(F)F)cc2)C1)c1ccccc1. The quantitative estimate of drug-likeness (QED) is 0.308. The van der Waals surface area contributed by atoms with Crippen molar-refractivity contribution in [2.45, 2.75) is 38.0 Å². The van der Waals surface area contributed by atoms with E-state index in [1.807, 2.05) is 30.3 Å². The average molecular weight is 509 g/mol. The first kappa shape index (κ1) is 25.7. The van der Waals surface area contributed by atoms with Gasteiger partial charge in [-0.1, -0.05) is 42.5 Å². The molecule has 1 N–H and O–H groups in total. The lowest BCUT2D eigenvalue weighted by molar-refractivity contribution is -0.384. The highest BCUT2D eigenvalue weighted by atomic mass is 19.4. The fourth-order valence-electron chi connectivity index (χ4n) is 4.51. The van der Waals surface area contributed by atoms with E-state index >= 15 is 0 Å². The second kappa shape index (κ2) is 10.7. The number of nitro groups is 1. The van der Waals surface area contributed by atoms with E-state index in [-0.39, 0.29) is 30.7 Å². The van der Waals surface area contributed by atoms with E-state index < -0.39 is 16.7 Å². The summed E-state index contributed by atoms with van der Waals surface area (Å²) in [7, 11) is 0. The van der Waals surface area contributed by atoms with E-state index in [1.165, 1.54) is 24.3 Å². The zero-order valence-corrected chi connectivity index (χ0v) is 19.7. The summed E-state index contributed by atoms with van der Waals surface area (Å²) in [4.78, 5) is 25.8. The number of nitrogens with zero attached hydrogens (tertiary/aromatic N) is 3. The van der Waals surface area contributed by atoms with Gasteiger partial charge >= 0.3 is 12.2 Å². The molecule has 190 valence electrons. The van der Waals surface area contributed by atoms with Crippen molar-refractivity contribution in [1.82, 2.24) is 10.2 Å². The maximum atomic E-state index is 13.2. The van der Waals surface area contributed by atoms with E-state index in [0.29, 0.717) is 36.1 Å². The molecule has 0 radical (unpaired) electrons. The Hall–Kier alpha value is -4.39. The largest absolute Gasteiger partial charge is 0.416 e. The molecule has 2 amide bonds. The molecule has 4 rings (SSSR count). The Morgan fingerprint density at radius 1 is 1.14 bits per heavy atom. The van der Waals surface area contributed by atoms with Crippen LogP contribution in [0.2, 0.25) is 0 Å². The van der Waals surface area contributed by atoms with Crippen LogP contribution in [0.5, 0.6) is 0 Å². The van der Waals surface area contributed by atoms with Gasteiger partial charge in [0.2, 0.25) is 0 Å². The second-order valence-corrected chi connectivity index (χ2v) is 8.74. The van der Waals surface area contributed by atoms with Crippen LogP contribution >= 0.6 is 0 Å². The van der Waals surface area contributed by atoms with E-state index in [1.54, 1.807) is 4.90 Å². The molecule has 1 heterocycles. The van der Waals surface area contributed by atoms with Crippen molar-refractivity contribution in [3.63, 3.8) is 0 Å². The monoisotopic (exact) mass is 508 g/mol. The van der Waals surface area contributed by atoms with Gasteiger partial charge in [0.1, 0.15) is 0 Å². The minimum absolute atomic E-state index is 0.107. The predicted octanol–water partition coefficient (Wildman–Crippen LogP) is 6.39. The highest BCUT2D eigenvalue weighted by Gasteiger charge is 2.31. The molecule has 0 aliphatic carbocycles. The third kappa shape index (κ3) is 5.89. The van der Waals surface area contributed by atoms with Crippen molar-refractivity contribution >= 4 is 11.7 Å². The first-order valence-electron chi connectivity index (χ1n) is 11.6. The van der Waals surface area contributed by atoms with Crippen molar-refractivity contribution in [1.29, 1.82) is 5.26 Å². The third-order valence-electron chi connectivity index (χ3n) is 6.39. The van der Waals surface area contributed by atoms with Crippen molar-refractivity contribution in [2.75, 3.05) is 6.54 Å². The van der Waals surface area contributed by atoms with Gasteiger partial charge in [0.05, 0.1) is 22.6 Å². The van der Waals surface area contributed by atoms with Gasteiger partial charge in [0.15, 0.2) is 0 Å². The van der Waals surface area contributed by atoms with Crippen molar-refractivity contribution in [2.24, 2.45) is 0 Å². The number of rotatable bonds is 6. The Morgan fingerprint density at radius 3 is 2.46 bits per heavy atom. The number of carbonyl (C=O) groups is 1. The van der Waals surface area contributed by atoms with Gasteiger partial charge in [-0.05, 0) is 52.8 Å². The number of benzene rings is 3. The van der Waals surface area contributed by atoms with E-state index in [2.05, 4.69) is 11.4 Å². The number of nitrogens with one attached hydrogen (secondary N) is 1. The topological polar surface area (TPSA) is 99.3 Å². The van der Waals surface area contributed by atoms with E-state index in [4.69, 9.17) is 5.26 Å². The lowest BCUT2D eigenvalue weighted by Crippen LogP contribution is -2.44. The summed E-state index contributed by atoms with van der Waals surface area (Å²) in [6.45, 7) is 0.431. The number of fused-ring (bicyclic) bond motifs is 1. The number of nitro benzene ring substituents is 1. The molecule has 0 aromatic heterocycles. The zero-order chi connectivity index (χ0) is 26.6. The van der Waals surface area contributed by atoms with E-state index in [0.717, 1.165) is 23.3 Å². The Bertz CT molecular complexity index is 1340. The molecule has 3 aromatic rings. The average Bonchev–Trinajstić information content (AvgIpc) is 2.90. The Kier molecular flexibility index (Phi) is 7.43. The minimum Gasteiger partial charge on any atom is -0.331 e. The molecular weight excluding hydrogens is 485 g/mol. The molecule has 1 aliphatic heterocycles. The summed E-state index contributed by atoms with van der Waals surface area (Å²) >= 11 is 0. The van der Waals surface area contributed by atoms with Crippen LogP contribution in [-0.2, 0) is 19.1 Å². The lowest BCUT2D eigenvalue weighted by Gasteiger charge is -2.32. The van der Waals surface area contributed by atoms with Gasteiger partial charge in [-0.3, -0.25) is 10.1 Å². The number of hydrogen-bond acceptors (Lipinski definition) is 4. The van der Waals surface area contributed by atoms with Gasteiger partial charge in [-0.2, -0.15) is 18.4 Å².